The van der Waals surface area contributed by atoms with E-state index in [0.717, 1.165) is 23.0 Å². The number of imidazole rings is 1. The highest BCUT2D eigenvalue weighted by atomic mass is 35.5. The Hall–Kier alpha value is -1.06. The molecule has 4 heteroatoms. The molecule has 2 aromatic heterocycles. The Morgan fingerprint density at radius 2 is 2.06 bits per heavy atom. The number of aromatic nitrogens is 2. The van der Waals surface area contributed by atoms with Gasteiger partial charge in [0.15, 0.2) is 0 Å². The number of rotatable bonds is 2. The van der Waals surface area contributed by atoms with Gasteiger partial charge in [0.05, 0.1) is 5.69 Å². The highest BCUT2D eigenvalue weighted by Gasteiger charge is 2.13. The van der Waals surface area contributed by atoms with Crippen molar-refractivity contribution in [1.82, 2.24) is 14.3 Å². The van der Waals surface area contributed by atoms with Gasteiger partial charge in [-0.3, -0.25) is 9.30 Å². The molecule has 0 amide bonds. The number of hydrogen-bond acceptors (Lipinski definition) is 2. The molecule has 0 spiro atoms. The first-order chi connectivity index (χ1) is 7.83. The van der Waals surface area contributed by atoms with E-state index in [0.29, 0.717) is 0 Å². The van der Waals surface area contributed by atoms with Gasteiger partial charge in [0.25, 0.3) is 0 Å². The molecule has 3 heterocycles. The molecule has 0 saturated carbocycles. The molecule has 0 bridgehead atoms. The number of halogens is 1. The zero-order chi connectivity index (χ0) is 11.0. The maximum absolute atomic E-state index is 6.10. The first-order valence-electron chi connectivity index (χ1n) is 5.68. The second kappa shape index (κ2) is 4.07. The Balaban J connectivity index is 1.90. The van der Waals surface area contributed by atoms with Crippen LogP contribution in [0.1, 0.15) is 18.5 Å². The topological polar surface area (TPSA) is 20.5 Å². The molecule has 0 N–H and O–H groups in total. The SMILES string of the molecule is Clc1cccc2nc(CN3CCCC3)cn12. The molecule has 3 rings (SSSR count). The molecule has 0 aromatic carbocycles. The Morgan fingerprint density at radius 1 is 1.25 bits per heavy atom. The lowest BCUT2D eigenvalue weighted by Crippen LogP contribution is -2.18. The van der Waals surface area contributed by atoms with E-state index in [1.54, 1.807) is 0 Å². The third-order valence-corrected chi connectivity index (χ3v) is 3.38. The van der Waals surface area contributed by atoms with Crippen LogP contribution >= 0.6 is 11.6 Å². The summed E-state index contributed by atoms with van der Waals surface area (Å²) in [4.78, 5) is 7.01. The Labute approximate surface area is 99.7 Å². The van der Waals surface area contributed by atoms with Crippen molar-refractivity contribution in [2.24, 2.45) is 0 Å². The third kappa shape index (κ3) is 1.81. The van der Waals surface area contributed by atoms with Crippen molar-refractivity contribution in [3.8, 4) is 0 Å². The molecule has 1 aliphatic rings. The lowest BCUT2D eigenvalue weighted by atomic mass is 10.4. The van der Waals surface area contributed by atoms with Gasteiger partial charge in [-0.1, -0.05) is 17.7 Å². The molecule has 1 aliphatic heterocycles. The number of fused-ring (bicyclic) bond motifs is 1. The van der Waals surface area contributed by atoms with E-state index in [9.17, 15) is 0 Å². The standard InChI is InChI=1S/C12H14ClN3/c13-11-4-3-5-12-14-10(9-16(11)12)8-15-6-1-2-7-15/h3-5,9H,1-2,6-8H2. The van der Waals surface area contributed by atoms with Gasteiger partial charge in [0, 0.05) is 12.7 Å². The van der Waals surface area contributed by atoms with Gasteiger partial charge in [-0.2, -0.15) is 0 Å². The van der Waals surface area contributed by atoms with Crippen LogP contribution < -0.4 is 0 Å². The lowest BCUT2D eigenvalue weighted by molar-refractivity contribution is 0.328. The van der Waals surface area contributed by atoms with Crippen LogP contribution in [-0.4, -0.2) is 27.4 Å². The quantitative estimate of drug-likeness (QED) is 0.746. The predicted molar refractivity (Wildman–Crippen MR) is 64.7 cm³/mol. The normalized spacial score (nSPS) is 17.3. The highest BCUT2D eigenvalue weighted by Crippen LogP contribution is 2.16. The number of nitrogens with zero attached hydrogens (tertiary/aromatic N) is 3. The summed E-state index contributed by atoms with van der Waals surface area (Å²) >= 11 is 6.10. The van der Waals surface area contributed by atoms with Gasteiger partial charge < -0.3 is 0 Å². The summed E-state index contributed by atoms with van der Waals surface area (Å²) < 4.78 is 1.94. The highest BCUT2D eigenvalue weighted by molar-refractivity contribution is 6.29. The molecular formula is C12H14ClN3. The van der Waals surface area contributed by atoms with Gasteiger partial charge in [-0.25, -0.2) is 4.98 Å². The van der Waals surface area contributed by atoms with Crippen molar-refractivity contribution < 1.29 is 0 Å². The van der Waals surface area contributed by atoms with Crippen molar-refractivity contribution in [1.29, 1.82) is 0 Å². The van der Waals surface area contributed by atoms with Gasteiger partial charge in [-0.05, 0) is 38.1 Å². The van der Waals surface area contributed by atoms with Crippen LogP contribution in [0.4, 0.5) is 0 Å². The number of hydrogen-bond donors (Lipinski definition) is 0. The fraction of sp³-hybridized carbons (Fsp3) is 0.417. The van der Waals surface area contributed by atoms with E-state index in [4.69, 9.17) is 11.6 Å². The summed E-state index contributed by atoms with van der Waals surface area (Å²) in [6.45, 7) is 3.33. The maximum Gasteiger partial charge on any atom is 0.138 e. The molecule has 2 aromatic rings. The molecule has 0 unspecified atom stereocenters. The minimum Gasteiger partial charge on any atom is -0.297 e. The molecular weight excluding hydrogens is 222 g/mol. The molecule has 84 valence electrons. The number of likely N-dealkylation sites (tertiary alicyclic amines) is 1. The van der Waals surface area contributed by atoms with E-state index in [-0.39, 0.29) is 0 Å². The van der Waals surface area contributed by atoms with Crippen LogP contribution in [-0.2, 0) is 6.54 Å². The molecule has 16 heavy (non-hydrogen) atoms. The largest absolute Gasteiger partial charge is 0.297 e. The average molecular weight is 236 g/mol. The van der Waals surface area contributed by atoms with Gasteiger partial charge in [0.1, 0.15) is 10.8 Å². The zero-order valence-electron chi connectivity index (χ0n) is 9.06. The minimum atomic E-state index is 0.720. The average Bonchev–Trinajstić information content (AvgIpc) is 2.88. The zero-order valence-corrected chi connectivity index (χ0v) is 9.82. The fourth-order valence-corrected chi connectivity index (χ4v) is 2.48. The van der Waals surface area contributed by atoms with Crippen LogP contribution in [0.3, 0.4) is 0 Å². The summed E-state index contributed by atoms with van der Waals surface area (Å²) in [5.41, 5.74) is 2.04. The van der Waals surface area contributed by atoms with Crippen LogP contribution in [0.25, 0.3) is 5.65 Å². The van der Waals surface area contributed by atoms with E-state index in [1.165, 1.54) is 25.9 Å². The van der Waals surface area contributed by atoms with Gasteiger partial charge in [-0.15, -0.1) is 0 Å². The Kier molecular flexibility index (Phi) is 2.58. The van der Waals surface area contributed by atoms with Gasteiger partial charge in [0.2, 0.25) is 0 Å². The second-order valence-electron chi connectivity index (χ2n) is 4.29. The Bertz CT molecular complexity index is 500. The first-order valence-corrected chi connectivity index (χ1v) is 6.05. The molecule has 0 radical (unpaired) electrons. The predicted octanol–water partition coefficient (Wildman–Crippen LogP) is 2.58. The first kappa shape index (κ1) is 10.1. The second-order valence-corrected chi connectivity index (χ2v) is 4.68. The van der Waals surface area contributed by atoms with E-state index in [2.05, 4.69) is 9.88 Å². The third-order valence-electron chi connectivity index (χ3n) is 3.08. The van der Waals surface area contributed by atoms with Crippen LogP contribution in [0.2, 0.25) is 5.15 Å². The van der Waals surface area contributed by atoms with Crippen LogP contribution in [0.15, 0.2) is 24.4 Å². The molecule has 1 saturated heterocycles. The summed E-state index contributed by atoms with van der Waals surface area (Å²) in [6.07, 6.45) is 4.66. The van der Waals surface area contributed by atoms with E-state index >= 15 is 0 Å². The smallest absolute Gasteiger partial charge is 0.138 e. The van der Waals surface area contributed by atoms with E-state index in [1.807, 2.05) is 28.8 Å². The summed E-state index contributed by atoms with van der Waals surface area (Å²) in [5, 5.41) is 0.720. The monoisotopic (exact) mass is 235 g/mol. The molecule has 1 fully saturated rings. The summed E-state index contributed by atoms with van der Waals surface area (Å²) in [7, 11) is 0. The summed E-state index contributed by atoms with van der Waals surface area (Å²) in [5.74, 6) is 0. The van der Waals surface area contributed by atoms with Crippen LogP contribution in [0, 0.1) is 0 Å². The fourth-order valence-electron chi connectivity index (χ4n) is 2.27. The molecule has 0 aliphatic carbocycles. The minimum absolute atomic E-state index is 0.720. The molecule has 0 atom stereocenters. The van der Waals surface area contributed by atoms with Crippen molar-refractivity contribution in [2.45, 2.75) is 19.4 Å². The van der Waals surface area contributed by atoms with Crippen LogP contribution in [0.5, 0.6) is 0 Å². The van der Waals surface area contributed by atoms with Crippen molar-refractivity contribution >= 4 is 17.2 Å². The Morgan fingerprint density at radius 3 is 2.81 bits per heavy atom. The molecule has 3 nitrogen and oxygen atoms in total. The number of pyridine rings is 1. The van der Waals surface area contributed by atoms with Crippen molar-refractivity contribution in [2.75, 3.05) is 13.1 Å². The van der Waals surface area contributed by atoms with Crippen molar-refractivity contribution in [3.05, 3.63) is 35.2 Å². The lowest BCUT2D eigenvalue weighted by Gasteiger charge is -2.11. The summed E-state index contributed by atoms with van der Waals surface area (Å²) in [6, 6.07) is 5.81. The maximum atomic E-state index is 6.10. The van der Waals surface area contributed by atoms with Gasteiger partial charge >= 0.3 is 0 Å². The van der Waals surface area contributed by atoms with E-state index < -0.39 is 0 Å². The van der Waals surface area contributed by atoms with Crippen molar-refractivity contribution in [3.63, 3.8) is 0 Å².